The van der Waals surface area contributed by atoms with Gasteiger partial charge < -0.3 is 5.32 Å². The van der Waals surface area contributed by atoms with Crippen LogP contribution in [0.15, 0.2) is 53.2 Å². The molecule has 0 saturated carbocycles. The fraction of sp³-hybridized carbons (Fsp3) is 0.238. The van der Waals surface area contributed by atoms with Gasteiger partial charge in [0.2, 0.25) is 0 Å². The molecule has 2 heterocycles. The first-order chi connectivity index (χ1) is 13.3. The zero-order chi connectivity index (χ0) is 18.2. The van der Waals surface area contributed by atoms with Crippen molar-refractivity contribution in [3.05, 3.63) is 65.5 Å². The maximum Gasteiger partial charge on any atom is 0.135 e. The molecule has 2 aromatic heterocycles. The van der Waals surface area contributed by atoms with Crippen molar-refractivity contribution in [1.82, 2.24) is 20.3 Å². The lowest BCUT2D eigenvalue weighted by Gasteiger charge is -2.27. The van der Waals surface area contributed by atoms with Crippen LogP contribution in [0.4, 0.5) is 5.82 Å². The molecule has 2 aromatic carbocycles. The van der Waals surface area contributed by atoms with Gasteiger partial charge in [0.25, 0.3) is 0 Å². The van der Waals surface area contributed by atoms with Gasteiger partial charge in [0.1, 0.15) is 22.7 Å². The maximum atomic E-state index is 4.79. The Morgan fingerprint density at radius 2 is 1.89 bits per heavy atom. The summed E-state index contributed by atoms with van der Waals surface area (Å²) in [7, 11) is 0. The highest BCUT2D eigenvalue weighted by Gasteiger charge is 2.20. The molecule has 6 nitrogen and oxygen atoms in total. The Hall–Kier alpha value is -3.28. The van der Waals surface area contributed by atoms with Gasteiger partial charge in [0.05, 0.1) is 11.7 Å². The Balaban J connectivity index is 1.49. The van der Waals surface area contributed by atoms with E-state index in [1.807, 2.05) is 31.2 Å². The van der Waals surface area contributed by atoms with E-state index in [0.717, 1.165) is 46.8 Å². The molecular weight excluding hydrogens is 338 g/mol. The highest BCUT2D eigenvalue weighted by Crippen LogP contribution is 2.32. The Morgan fingerprint density at radius 1 is 1.00 bits per heavy atom. The maximum absolute atomic E-state index is 4.79. The van der Waals surface area contributed by atoms with Gasteiger partial charge in [0, 0.05) is 11.6 Å². The topological polar surface area (TPSA) is 76.7 Å². The van der Waals surface area contributed by atoms with Crippen LogP contribution in [0.3, 0.4) is 0 Å². The summed E-state index contributed by atoms with van der Waals surface area (Å²) in [5.74, 6) is 1.58. The molecule has 4 aromatic rings. The molecule has 0 aliphatic heterocycles. The van der Waals surface area contributed by atoms with Crippen molar-refractivity contribution in [3.8, 4) is 11.3 Å². The number of benzene rings is 2. The molecule has 0 bridgehead atoms. The molecule has 134 valence electrons. The van der Waals surface area contributed by atoms with E-state index < -0.39 is 0 Å². The van der Waals surface area contributed by atoms with Crippen molar-refractivity contribution in [2.45, 2.75) is 32.2 Å². The minimum Gasteiger partial charge on any atom is -0.363 e. The van der Waals surface area contributed by atoms with E-state index in [1.165, 1.54) is 17.5 Å². The highest BCUT2D eigenvalue weighted by molar-refractivity contribution is 5.80. The summed E-state index contributed by atoms with van der Waals surface area (Å²) in [5.41, 5.74) is 6.09. The number of rotatable bonds is 3. The Morgan fingerprint density at radius 3 is 2.85 bits per heavy atom. The SMILES string of the molecule is Cc1nc(NC2CCCc3ccccc32)cc(-c2ccc3nonc3c2)n1. The van der Waals surface area contributed by atoms with Gasteiger partial charge in [-0.25, -0.2) is 14.6 Å². The lowest BCUT2D eigenvalue weighted by molar-refractivity contribution is 0.315. The Labute approximate surface area is 156 Å². The van der Waals surface area contributed by atoms with Gasteiger partial charge >= 0.3 is 0 Å². The molecule has 1 N–H and O–H groups in total. The van der Waals surface area contributed by atoms with Crippen molar-refractivity contribution >= 4 is 16.9 Å². The van der Waals surface area contributed by atoms with E-state index in [-0.39, 0.29) is 6.04 Å². The zero-order valence-corrected chi connectivity index (χ0v) is 15.0. The third kappa shape index (κ3) is 3.03. The lowest BCUT2D eigenvalue weighted by atomic mass is 9.88. The number of nitrogens with zero attached hydrogens (tertiary/aromatic N) is 4. The molecule has 1 aliphatic carbocycles. The monoisotopic (exact) mass is 357 g/mol. The molecule has 6 heteroatoms. The second-order valence-corrected chi connectivity index (χ2v) is 6.94. The number of aromatic nitrogens is 4. The summed E-state index contributed by atoms with van der Waals surface area (Å²) in [6.07, 6.45) is 3.43. The largest absolute Gasteiger partial charge is 0.363 e. The first-order valence-corrected chi connectivity index (χ1v) is 9.19. The predicted molar refractivity (Wildman–Crippen MR) is 103 cm³/mol. The zero-order valence-electron chi connectivity index (χ0n) is 15.0. The Kier molecular flexibility index (Phi) is 3.81. The van der Waals surface area contributed by atoms with Crippen LogP contribution < -0.4 is 5.32 Å². The van der Waals surface area contributed by atoms with Crippen LogP contribution >= 0.6 is 0 Å². The van der Waals surface area contributed by atoms with Crippen molar-refractivity contribution in [1.29, 1.82) is 0 Å². The number of anilines is 1. The molecule has 1 atom stereocenters. The number of hydrogen-bond acceptors (Lipinski definition) is 6. The van der Waals surface area contributed by atoms with Crippen molar-refractivity contribution in [2.24, 2.45) is 0 Å². The molecule has 0 amide bonds. The summed E-state index contributed by atoms with van der Waals surface area (Å²) in [6.45, 7) is 1.92. The molecule has 0 spiro atoms. The van der Waals surface area contributed by atoms with Gasteiger partial charge in [-0.05, 0) is 59.8 Å². The van der Waals surface area contributed by atoms with Crippen LogP contribution in [0, 0.1) is 6.92 Å². The summed E-state index contributed by atoms with van der Waals surface area (Å²) < 4.78 is 4.79. The van der Waals surface area contributed by atoms with E-state index >= 15 is 0 Å². The van der Waals surface area contributed by atoms with Crippen LogP contribution in [0.5, 0.6) is 0 Å². The third-order valence-corrected chi connectivity index (χ3v) is 5.08. The summed E-state index contributed by atoms with van der Waals surface area (Å²) >= 11 is 0. The van der Waals surface area contributed by atoms with E-state index in [0.29, 0.717) is 0 Å². The number of aryl methyl sites for hydroxylation is 2. The Bertz CT molecular complexity index is 1120. The molecular formula is C21H19N5O. The average Bonchev–Trinajstić information content (AvgIpc) is 3.16. The number of hydrogen-bond donors (Lipinski definition) is 1. The van der Waals surface area contributed by atoms with Gasteiger partial charge in [-0.1, -0.05) is 30.3 Å². The molecule has 1 unspecified atom stereocenters. The van der Waals surface area contributed by atoms with Crippen LogP contribution in [0.25, 0.3) is 22.3 Å². The first-order valence-electron chi connectivity index (χ1n) is 9.19. The predicted octanol–water partition coefficient (Wildman–Crippen LogP) is 4.48. The average molecular weight is 357 g/mol. The molecule has 5 rings (SSSR count). The van der Waals surface area contributed by atoms with Gasteiger partial charge in [-0.15, -0.1) is 0 Å². The van der Waals surface area contributed by atoms with Gasteiger partial charge in [0.15, 0.2) is 0 Å². The third-order valence-electron chi connectivity index (χ3n) is 5.08. The molecule has 0 radical (unpaired) electrons. The smallest absolute Gasteiger partial charge is 0.135 e. The molecule has 1 aliphatic rings. The normalized spacial score (nSPS) is 16.3. The summed E-state index contributed by atoms with van der Waals surface area (Å²) in [4.78, 5) is 9.21. The molecule has 27 heavy (non-hydrogen) atoms. The number of fused-ring (bicyclic) bond motifs is 2. The van der Waals surface area contributed by atoms with Crippen molar-refractivity contribution < 1.29 is 4.63 Å². The van der Waals surface area contributed by atoms with E-state index in [1.54, 1.807) is 0 Å². The minimum atomic E-state index is 0.277. The van der Waals surface area contributed by atoms with Crippen LogP contribution in [-0.4, -0.2) is 20.3 Å². The van der Waals surface area contributed by atoms with Crippen molar-refractivity contribution in [2.75, 3.05) is 5.32 Å². The first kappa shape index (κ1) is 15.9. The lowest BCUT2D eigenvalue weighted by Crippen LogP contribution is -2.18. The highest BCUT2D eigenvalue weighted by atomic mass is 16.6. The van der Waals surface area contributed by atoms with Crippen LogP contribution in [0.1, 0.15) is 35.8 Å². The van der Waals surface area contributed by atoms with Gasteiger partial charge in [-0.2, -0.15) is 0 Å². The van der Waals surface area contributed by atoms with Gasteiger partial charge in [-0.3, -0.25) is 0 Å². The van der Waals surface area contributed by atoms with E-state index in [2.05, 4.69) is 49.9 Å². The van der Waals surface area contributed by atoms with Crippen LogP contribution in [0.2, 0.25) is 0 Å². The standard InChI is InChI=1S/C21H19N5O/c1-13-22-19(15-9-10-18-20(11-15)26-27-25-18)12-21(23-13)24-17-8-4-6-14-5-2-3-7-16(14)17/h2-3,5,7,9-12,17H,4,6,8H2,1H3,(H,22,23,24). The summed E-state index contributed by atoms with van der Waals surface area (Å²) in [6, 6.07) is 16.7. The second kappa shape index (κ2) is 6.46. The molecule has 0 fully saturated rings. The quantitative estimate of drug-likeness (QED) is 0.583. The second-order valence-electron chi connectivity index (χ2n) is 6.94. The fourth-order valence-corrected chi connectivity index (χ4v) is 3.81. The molecule has 0 saturated heterocycles. The summed E-state index contributed by atoms with van der Waals surface area (Å²) in [5, 5.41) is 11.4. The van der Waals surface area contributed by atoms with Crippen molar-refractivity contribution in [3.63, 3.8) is 0 Å². The number of nitrogens with one attached hydrogen (secondary N) is 1. The van der Waals surface area contributed by atoms with E-state index in [9.17, 15) is 0 Å². The fourth-order valence-electron chi connectivity index (χ4n) is 3.81. The minimum absolute atomic E-state index is 0.277. The van der Waals surface area contributed by atoms with Crippen LogP contribution in [-0.2, 0) is 6.42 Å². The van der Waals surface area contributed by atoms with E-state index in [4.69, 9.17) is 4.63 Å².